The number of rotatable bonds is 1. The number of hydrogen-bond donors (Lipinski definition) is 2. The van der Waals surface area contributed by atoms with Crippen molar-refractivity contribution in [3.63, 3.8) is 0 Å². The quantitative estimate of drug-likeness (QED) is 0.619. The molecule has 1 spiro atoms. The van der Waals surface area contributed by atoms with Crippen LogP contribution in [0.2, 0.25) is 0 Å². The summed E-state index contributed by atoms with van der Waals surface area (Å²) in [6.45, 7) is 8.15. The monoisotopic (exact) mass is 201 g/mol. The van der Waals surface area contributed by atoms with Crippen LogP contribution in [0, 0.1) is 0 Å². The molecular formula is C9H19N3S. The van der Waals surface area contributed by atoms with Gasteiger partial charge in [-0.05, 0) is 33.2 Å². The molecule has 1 unspecified atom stereocenters. The van der Waals surface area contributed by atoms with Crippen molar-refractivity contribution in [2.45, 2.75) is 38.3 Å². The van der Waals surface area contributed by atoms with Crippen molar-refractivity contribution < 1.29 is 0 Å². The highest BCUT2D eigenvalue weighted by Crippen LogP contribution is 2.27. The Labute approximate surface area is 84.9 Å². The first-order valence-electron chi connectivity index (χ1n) is 5.12. The SMILES string of the molecule is CC(C)N1CCCC2(CNSN2)C1. The maximum atomic E-state index is 3.52. The van der Waals surface area contributed by atoms with E-state index in [-0.39, 0.29) is 0 Å². The summed E-state index contributed by atoms with van der Waals surface area (Å²) in [4.78, 5) is 2.57. The van der Waals surface area contributed by atoms with E-state index < -0.39 is 0 Å². The molecule has 0 aliphatic carbocycles. The molecular weight excluding hydrogens is 182 g/mol. The van der Waals surface area contributed by atoms with Crippen molar-refractivity contribution in [3.8, 4) is 0 Å². The van der Waals surface area contributed by atoms with E-state index in [2.05, 4.69) is 28.2 Å². The molecule has 0 radical (unpaired) electrons. The van der Waals surface area contributed by atoms with Gasteiger partial charge < -0.3 is 0 Å². The third-order valence-corrected chi connectivity index (χ3v) is 3.91. The van der Waals surface area contributed by atoms with Crippen molar-refractivity contribution in [3.05, 3.63) is 0 Å². The van der Waals surface area contributed by atoms with E-state index in [0.29, 0.717) is 11.6 Å². The first-order chi connectivity index (χ1) is 6.22. The molecule has 1 atom stereocenters. The van der Waals surface area contributed by atoms with Gasteiger partial charge in [0.25, 0.3) is 0 Å². The van der Waals surface area contributed by atoms with Crippen molar-refractivity contribution in [1.29, 1.82) is 0 Å². The molecule has 0 amide bonds. The summed E-state index contributed by atoms with van der Waals surface area (Å²) in [6, 6.07) is 0.685. The zero-order valence-electron chi connectivity index (χ0n) is 8.47. The molecule has 76 valence electrons. The normalized spacial score (nSPS) is 36.2. The zero-order valence-corrected chi connectivity index (χ0v) is 9.28. The molecule has 13 heavy (non-hydrogen) atoms. The average Bonchev–Trinajstić information content (AvgIpc) is 2.53. The number of nitrogens with zero attached hydrogens (tertiary/aromatic N) is 1. The predicted molar refractivity (Wildman–Crippen MR) is 57.4 cm³/mol. The second-order valence-corrected chi connectivity index (χ2v) is 5.17. The average molecular weight is 201 g/mol. The van der Waals surface area contributed by atoms with Gasteiger partial charge in [-0.25, -0.2) is 9.44 Å². The Bertz CT molecular complexity index is 178. The van der Waals surface area contributed by atoms with Crippen molar-refractivity contribution in [1.82, 2.24) is 14.3 Å². The Kier molecular flexibility index (Phi) is 2.83. The summed E-state index contributed by atoms with van der Waals surface area (Å²) in [6.07, 6.45) is 2.64. The van der Waals surface area contributed by atoms with Crippen LogP contribution >= 0.6 is 12.1 Å². The lowest BCUT2D eigenvalue weighted by molar-refractivity contribution is 0.118. The fourth-order valence-electron chi connectivity index (χ4n) is 2.19. The van der Waals surface area contributed by atoms with Gasteiger partial charge in [-0.15, -0.1) is 0 Å². The van der Waals surface area contributed by atoms with E-state index in [0.717, 1.165) is 6.54 Å². The maximum absolute atomic E-state index is 3.52. The summed E-state index contributed by atoms with van der Waals surface area (Å²) < 4.78 is 6.84. The van der Waals surface area contributed by atoms with Gasteiger partial charge in [-0.3, -0.25) is 4.90 Å². The smallest absolute Gasteiger partial charge is 0.0556 e. The van der Waals surface area contributed by atoms with Crippen LogP contribution in [0.15, 0.2) is 0 Å². The van der Waals surface area contributed by atoms with Gasteiger partial charge in [0.1, 0.15) is 0 Å². The second-order valence-electron chi connectivity index (χ2n) is 4.47. The summed E-state index contributed by atoms with van der Waals surface area (Å²) in [7, 11) is 0. The highest BCUT2D eigenvalue weighted by atomic mass is 32.2. The van der Waals surface area contributed by atoms with Gasteiger partial charge in [0.2, 0.25) is 0 Å². The van der Waals surface area contributed by atoms with Gasteiger partial charge in [-0.2, -0.15) is 0 Å². The fourth-order valence-corrected chi connectivity index (χ4v) is 3.07. The fraction of sp³-hybridized carbons (Fsp3) is 1.00. The third-order valence-electron chi connectivity index (χ3n) is 3.09. The lowest BCUT2D eigenvalue weighted by Crippen LogP contribution is -2.56. The minimum atomic E-state index is 0.354. The van der Waals surface area contributed by atoms with Gasteiger partial charge in [0.15, 0.2) is 0 Å². The molecule has 2 heterocycles. The van der Waals surface area contributed by atoms with Gasteiger partial charge >= 0.3 is 0 Å². The summed E-state index contributed by atoms with van der Waals surface area (Å²) in [5.41, 5.74) is 0.354. The van der Waals surface area contributed by atoms with Crippen LogP contribution in [0.5, 0.6) is 0 Å². The van der Waals surface area contributed by atoms with Crippen LogP contribution < -0.4 is 9.44 Å². The van der Waals surface area contributed by atoms with E-state index in [9.17, 15) is 0 Å². The largest absolute Gasteiger partial charge is 0.299 e. The van der Waals surface area contributed by atoms with Crippen LogP contribution in [0.4, 0.5) is 0 Å². The van der Waals surface area contributed by atoms with Crippen molar-refractivity contribution >= 4 is 12.1 Å². The molecule has 0 aromatic carbocycles. The number of nitrogens with one attached hydrogen (secondary N) is 2. The van der Waals surface area contributed by atoms with Crippen LogP contribution in [0.25, 0.3) is 0 Å². The Morgan fingerprint density at radius 3 is 2.92 bits per heavy atom. The minimum absolute atomic E-state index is 0.354. The number of hydrogen-bond acceptors (Lipinski definition) is 4. The topological polar surface area (TPSA) is 27.3 Å². The molecule has 4 heteroatoms. The van der Waals surface area contributed by atoms with Crippen molar-refractivity contribution in [2.75, 3.05) is 19.6 Å². The highest BCUT2D eigenvalue weighted by Gasteiger charge is 2.38. The Balaban J connectivity index is 1.98. The lowest BCUT2D eigenvalue weighted by atomic mass is 9.89. The molecule has 0 aromatic rings. The van der Waals surface area contributed by atoms with E-state index in [1.165, 1.54) is 25.9 Å². The molecule has 0 saturated carbocycles. The Morgan fingerprint density at radius 1 is 1.46 bits per heavy atom. The highest BCUT2D eigenvalue weighted by molar-refractivity contribution is 7.95. The molecule has 0 bridgehead atoms. The number of likely N-dealkylation sites (tertiary alicyclic amines) is 1. The molecule has 3 nitrogen and oxygen atoms in total. The van der Waals surface area contributed by atoms with Crippen LogP contribution in [0.1, 0.15) is 26.7 Å². The molecule has 0 aromatic heterocycles. The molecule has 2 fully saturated rings. The van der Waals surface area contributed by atoms with E-state index in [1.807, 2.05) is 0 Å². The molecule has 2 N–H and O–H groups in total. The van der Waals surface area contributed by atoms with E-state index >= 15 is 0 Å². The Morgan fingerprint density at radius 2 is 2.31 bits per heavy atom. The van der Waals surface area contributed by atoms with Crippen LogP contribution in [0.3, 0.4) is 0 Å². The summed E-state index contributed by atoms with van der Waals surface area (Å²) >= 11 is 1.67. The summed E-state index contributed by atoms with van der Waals surface area (Å²) in [5.74, 6) is 0. The molecule has 2 saturated heterocycles. The Hall–Kier alpha value is 0.230. The molecule has 2 rings (SSSR count). The van der Waals surface area contributed by atoms with Crippen molar-refractivity contribution in [2.24, 2.45) is 0 Å². The maximum Gasteiger partial charge on any atom is 0.0556 e. The van der Waals surface area contributed by atoms with Crippen LogP contribution in [-0.4, -0.2) is 36.1 Å². The van der Waals surface area contributed by atoms with Gasteiger partial charge in [0, 0.05) is 31.3 Å². The van der Waals surface area contributed by atoms with Gasteiger partial charge in [-0.1, -0.05) is 0 Å². The number of piperidine rings is 1. The first-order valence-corrected chi connectivity index (χ1v) is 5.93. The second kappa shape index (κ2) is 3.77. The minimum Gasteiger partial charge on any atom is -0.299 e. The van der Waals surface area contributed by atoms with Gasteiger partial charge in [0.05, 0.1) is 5.54 Å². The molecule has 2 aliphatic rings. The third kappa shape index (κ3) is 2.01. The lowest BCUT2D eigenvalue weighted by Gasteiger charge is -2.41. The molecule has 2 aliphatic heterocycles. The first kappa shape index (κ1) is 9.77. The zero-order chi connectivity index (χ0) is 9.31. The standard InChI is InChI=1S/C9H19N3S/c1-8(2)12-5-3-4-9(7-12)6-10-13-11-9/h8,10-11H,3-7H2,1-2H3. The predicted octanol–water partition coefficient (Wildman–Crippen LogP) is 0.985. The van der Waals surface area contributed by atoms with E-state index in [1.54, 1.807) is 12.1 Å². The van der Waals surface area contributed by atoms with E-state index in [4.69, 9.17) is 0 Å². The van der Waals surface area contributed by atoms with Crippen LogP contribution in [-0.2, 0) is 0 Å². The summed E-state index contributed by atoms with van der Waals surface area (Å²) in [5, 5.41) is 0.